The van der Waals surface area contributed by atoms with E-state index in [1.165, 1.54) is 11.1 Å². The highest BCUT2D eigenvalue weighted by Crippen LogP contribution is 2.02. The highest BCUT2D eigenvalue weighted by molar-refractivity contribution is 5.46. The predicted molar refractivity (Wildman–Crippen MR) is 56.0 cm³/mol. The molecule has 0 aliphatic rings. The second-order valence-electron chi connectivity index (χ2n) is 2.36. The van der Waals surface area contributed by atoms with Crippen LogP contribution in [0, 0.1) is 6.92 Å². The lowest BCUT2D eigenvalue weighted by molar-refractivity contribution is 1.46. The van der Waals surface area contributed by atoms with E-state index < -0.39 is 0 Å². The Labute approximate surface area is 74.6 Å². The standard InChI is InChI=1S/C9H10.C3H4/c1-3-9-6-4-8(2)5-7-9;1-3-2/h3-7H,1H2,2H3;1-2H2. The van der Waals surface area contributed by atoms with E-state index in [9.17, 15) is 0 Å². The predicted octanol–water partition coefficient (Wildman–Crippen LogP) is 3.60. The van der Waals surface area contributed by atoms with Gasteiger partial charge in [0.05, 0.1) is 0 Å². The average Bonchev–Trinajstić information content (AvgIpc) is 2.07. The van der Waals surface area contributed by atoms with Crippen molar-refractivity contribution in [2.24, 2.45) is 0 Å². The van der Waals surface area contributed by atoms with Gasteiger partial charge in [-0.1, -0.05) is 55.6 Å². The molecule has 0 N–H and O–H groups in total. The SMILES string of the molecule is C=C=C.C=Cc1ccc(C)cc1. The molecule has 0 nitrogen and oxygen atoms in total. The van der Waals surface area contributed by atoms with Gasteiger partial charge in [-0.15, -0.1) is 5.73 Å². The van der Waals surface area contributed by atoms with Crippen molar-refractivity contribution in [3.05, 3.63) is 60.9 Å². The van der Waals surface area contributed by atoms with E-state index in [0.717, 1.165) is 0 Å². The highest BCUT2D eigenvalue weighted by Gasteiger charge is 1.82. The van der Waals surface area contributed by atoms with Crippen molar-refractivity contribution in [2.75, 3.05) is 0 Å². The molecule has 12 heavy (non-hydrogen) atoms. The van der Waals surface area contributed by atoms with Gasteiger partial charge in [0.2, 0.25) is 0 Å². The minimum atomic E-state index is 1.18. The van der Waals surface area contributed by atoms with E-state index in [2.05, 4.69) is 56.7 Å². The zero-order valence-electron chi connectivity index (χ0n) is 7.51. The lowest BCUT2D eigenvalue weighted by Gasteiger charge is -1.91. The second-order valence-corrected chi connectivity index (χ2v) is 2.36. The third kappa shape index (κ3) is 4.32. The minimum Gasteiger partial charge on any atom is -0.137 e. The van der Waals surface area contributed by atoms with Crippen LogP contribution in [0.15, 0.2) is 49.7 Å². The molecule has 0 heterocycles. The van der Waals surface area contributed by atoms with E-state index in [0.29, 0.717) is 0 Å². The molecule has 62 valence electrons. The molecule has 0 aromatic heterocycles. The van der Waals surface area contributed by atoms with Crippen LogP contribution in [0.2, 0.25) is 0 Å². The van der Waals surface area contributed by atoms with Crippen LogP contribution in [-0.2, 0) is 0 Å². The summed E-state index contributed by atoms with van der Waals surface area (Å²) >= 11 is 0. The molecule has 0 fully saturated rings. The van der Waals surface area contributed by atoms with Gasteiger partial charge in [-0.2, -0.15) is 0 Å². The molecule has 1 aromatic rings. The maximum Gasteiger partial charge on any atom is -0.0262 e. The highest BCUT2D eigenvalue weighted by atomic mass is 13.9. The fourth-order valence-electron chi connectivity index (χ4n) is 0.703. The zero-order chi connectivity index (χ0) is 9.40. The molecule has 0 bridgehead atoms. The number of hydrogen-bond acceptors (Lipinski definition) is 0. The van der Waals surface area contributed by atoms with Crippen molar-refractivity contribution in [1.82, 2.24) is 0 Å². The van der Waals surface area contributed by atoms with Gasteiger partial charge in [-0.05, 0) is 12.5 Å². The van der Waals surface area contributed by atoms with E-state index in [1.54, 1.807) is 0 Å². The number of benzene rings is 1. The third-order valence-electron chi connectivity index (χ3n) is 1.31. The molecule has 0 unspecified atom stereocenters. The van der Waals surface area contributed by atoms with Gasteiger partial charge in [-0.3, -0.25) is 0 Å². The summed E-state index contributed by atoms with van der Waals surface area (Å²) in [6, 6.07) is 8.28. The molecule has 0 heteroatoms. The summed E-state index contributed by atoms with van der Waals surface area (Å²) in [5.41, 5.74) is 4.72. The normalized spacial score (nSPS) is 7.42. The van der Waals surface area contributed by atoms with Crippen LogP contribution in [0.25, 0.3) is 6.08 Å². The zero-order valence-corrected chi connectivity index (χ0v) is 7.51. The lowest BCUT2D eigenvalue weighted by Crippen LogP contribution is -1.71. The monoisotopic (exact) mass is 158 g/mol. The Morgan fingerprint density at radius 3 is 1.92 bits per heavy atom. The average molecular weight is 158 g/mol. The topological polar surface area (TPSA) is 0 Å². The van der Waals surface area contributed by atoms with E-state index >= 15 is 0 Å². The van der Waals surface area contributed by atoms with Crippen LogP contribution in [0.5, 0.6) is 0 Å². The smallest absolute Gasteiger partial charge is 0.0262 e. The summed E-state index contributed by atoms with van der Waals surface area (Å²) in [6.07, 6.45) is 1.85. The van der Waals surface area contributed by atoms with E-state index in [-0.39, 0.29) is 0 Å². The maximum absolute atomic E-state index is 3.66. The van der Waals surface area contributed by atoms with Crippen molar-refractivity contribution in [3.8, 4) is 0 Å². The number of rotatable bonds is 1. The first-order valence-electron chi connectivity index (χ1n) is 3.73. The lowest BCUT2D eigenvalue weighted by atomic mass is 10.2. The maximum atomic E-state index is 3.66. The molecule has 0 radical (unpaired) electrons. The fraction of sp³-hybridized carbons (Fsp3) is 0.0833. The third-order valence-corrected chi connectivity index (χ3v) is 1.31. The summed E-state index contributed by atoms with van der Waals surface area (Å²) in [4.78, 5) is 0. The van der Waals surface area contributed by atoms with Gasteiger partial charge in [0.1, 0.15) is 0 Å². The van der Waals surface area contributed by atoms with Crippen LogP contribution in [0.4, 0.5) is 0 Å². The van der Waals surface area contributed by atoms with Crippen molar-refractivity contribution in [3.63, 3.8) is 0 Å². The van der Waals surface area contributed by atoms with Crippen LogP contribution >= 0.6 is 0 Å². The van der Waals surface area contributed by atoms with Gasteiger partial charge in [-0.25, -0.2) is 0 Å². The van der Waals surface area contributed by atoms with Crippen molar-refractivity contribution >= 4 is 6.08 Å². The molecule has 0 aliphatic heterocycles. The Kier molecular flexibility index (Phi) is 5.42. The number of aryl methyl sites for hydroxylation is 1. The first-order valence-corrected chi connectivity index (χ1v) is 3.73. The van der Waals surface area contributed by atoms with E-state index in [1.807, 2.05) is 6.08 Å². The first kappa shape index (κ1) is 10.5. The van der Waals surface area contributed by atoms with Gasteiger partial charge >= 0.3 is 0 Å². The fourth-order valence-corrected chi connectivity index (χ4v) is 0.703. The van der Waals surface area contributed by atoms with Crippen molar-refractivity contribution in [2.45, 2.75) is 6.92 Å². The summed E-state index contributed by atoms with van der Waals surface area (Å²) in [5, 5.41) is 0. The quantitative estimate of drug-likeness (QED) is 0.548. The Morgan fingerprint density at radius 2 is 1.58 bits per heavy atom. The van der Waals surface area contributed by atoms with Crippen LogP contribution in [0.3, 0.4) is 0 Å². The van der Waals surface area contributed by atoms with Gasteiger partial charge in [0.15, 0.2) is 0 Å². The summed E-state index contributed by atoms with van der Waals surface area (Å²) in [6.45, 7) is 12.0. The second kappa shape index (κ2) is 6.21. The number of hydrogen-bond donors (Lipinski definition) is 0. The van der Waals surface area contributed by atoms with Crippen LogP contribution in [0.1, 0.15) is 11.1 Å². The van der Waals surface area contributed by atoms with Gasteiger partial charge < -0.3 is 0 Å². The molecule has 0 atom stereocenters. The van der Waals surface area contributed by atoms with Crippen molar-refractivity contribution < 1.29 is 0 Å². The molecule has 0 saturated heterocycles. The summed E-state index contributed by atoms with van der Waals surface area (Å²) < 4.78 is 0. The molecule has 0 aliphatic carbocycles. The molecular weight excluding hydrogens is 144 g/mol. The van der Waals surface area contributed by atoms with Crippen LogP contribution < -0.4 is 0 Å². The molecule has 1 rings (SSSR count). The minimum absolute atomic E-state index is 1.18. The Bertz CT molecular complexity index is 259. The summed E-state index contributed by atoms with van der Waals surface area (Å²) in [5.74, 6) is 0. The van der Waals surface area contributed by atoms with Gasteiger partial charge in [0.25, 0.3) is 0 Å². The largest absolute Gasteiger partial charge is 0.137 e. The Hall–Kier alpha value is -1.52. The Morgan fingerprint density at radius 1 is 1.17 bits per heavy atom. The van der Waals surface area contributed by atoms with Crippen LogP contribution in [-0.4, -0.2) is 0 Å². The molecule has 1 aromatic carbocycles. The van der Waals surface area contributed by atoms with Crippen molar-refractivity contribution in [1.29, 1.82) is 0 Å². The summed E-state index contributed by atoms with van der Waals surface area (Å²) in [7, 11) is 0. The van der Waals surface area contributed by atoms with E-state index in [4.69, 9.17) is 0 Å². The molecule has 0 spiro atoms. The van der Waals surface area contributed by atoms with Gasteiger partial charge in [0, 0.05) is 0 Å². The molecular formula is C12H14. The molecule has 0 saturated carbocycles. The Balaban J connectivity index is 0.000000354. The first-order chi connectivity index (χ1) is 5.74. The molecule has 0 amide bonds.